The molecule has 0 fully saturated rings. The van der Waals surface area contributed by atoms with E-state index in [9.17, 15) is 18.0 Å². The molecule has 0 spiro atoms. The first-order chi connectivity index (χ1) is 14.1. The minimum absolute atomic E-state index is 0.0132. The van der Waals surface area contributed by atoms with Crippen molar-refractivity contribution in [2.24, 2.45) is 5.14 Å². The highest BCUT2D eigenvalue weighted by Gasteiger charge is 2.16. The van der Waals surface area contributed by atoms with Crippen molar-refractivity contribution in [1.82, 2.24) is 5.32 Å². The highest BCUT2D eigenvalue weighted by molar-refractivity contribution is 7.89. The zero-order valence-corrected chi connectivity index (χ0v) is 17.9. The normalized spacial score (nSPS) is 12.7. The lowest BCUT2D eigenvalue weighted by Gasteiger charge is -2.15. The van der Waals surface area contributed by atoms with E-state index >= 15 is 0 Å². The van der Waals surface area contributed by atoms with Crippen LogP contribution >= 0.6 is 0 Å². The molecule has 7 nitrogen and oxygen atoms in total. The van der Waals surface area contributed by atoms with Gasteiger partial charge in [-0.2, -0.15) is 0 Å². The molecule has 3 aromatic rings. The number of rotatable bonds is 6. The van der Waals surface area contributed by atoms with Crippen molar-refractivity contribution in [3.8, 4) is 0 Å². The van der Waals surface area contributed by atoms with Gasteiger partial charge in [-0.15, -0.1) is 0 Å². The highest BCUT2D eigenvalue weighted by atomic mass is 32.2. The largest absolute Gasteiger partial charge is 0.423 e. The monoisotopic (exact) mass is 428 g/mol. The van der Waals surface area contributed by atoms with Crippen LogP contribution in [0.2, 0.25) is 0 Å². The quantitative estimate of drug-likeness (QED) is 0.585. The van der Waals surface area contributed by atoms with Crippen LogP contribution in [0.4, 0.5) is 0 Å². The van der Waals surface area contributed by atoms with Crippen LogP contribution in [-0.2, 0) is 21.2 Å². The molecule has 158 valence electrons. The van der Waals surface area contributed by atoms with E-state index in [0.29, 0.717) is 16.7 Å². The molecule has 8 heteroatoms. The smallest absolute Gasteiger partial charge is 0.339 e. The molecule has 0 saturated carbocycles. The van der Waals surface area contributed by atoms with Crippen molar-refractivity contribution in [2.75, 3.05) is 0 Å². The third kappa shape index (κ3) is 4.77. The summed E-state index contributed by atoms with van der Waals surface area (Å²) in [6.45, 7) is 5.52. The van der Waals surface area contributed by atoms with Crippen molar-refractivity contribution >= 4 is 26.9 Å². The van der Waals surface area contributed by atoms with Crippen molar-refractivity contribution in [3.05, 3.63) is 75.1 Å². The number of nitrogens with two attached hydrogens (primary N) is 1. The SMILES string of the molecule is Cc1ccc2c(C)c(CCC(=O)N[C@@H](C)c3cccc(S(N)(=O)=O)c3)c(=O)oc2c1. The predicted octanol–water partition coefficient (Wildman–Crippen LogP) is 2.87. The van der Waals surface area contributed by atoms with Gasteiger partial charge in [-0.1, -0.05) is 24.3 Å². The second kappa shape index (κ2) is 8.41. The maximum atomic E-state index is 12.4. The molecule has 30 heavy (non-hydrogen) atoms. The second-order valence-corrected chi connectivity index (χ2v) is 8.96. The Morgan fingerprint density at radius 2 is 1.90 bits per heavy atom. The Morgan fingerprint density at radius 3 is 2.60 bits per heavy atom. The van der Waals surface area contributed by atoms with Crippen molar-refractivity contribution < 1.29 is 17.6 Å². The lowest BCUT2D eigenvalue weighted by Crippen LogP contribution is -2.27. The summed E-state index contributed by atoms with van der Waals surface area (Å²) in [5, 5.41) is 8.83. The molecule has 1 aromatic heterocycles. The Hall–Kier alpha value is -2.97. The van der Waals surface area contributed by atoms with Gasteiger partial charge in [0.15, 0.2) is 0 Å². The van der Waals surface area contributed by atoms with E-state index in [1.807, 2.05) is 32.0 Å². The summed E-state index contributed by atoms with van der Waals surface area (Å²) in [5.41, 5.74) is 3.00. The number of nitrogens with one attached hydrogen (secondary N) is 1. The molecule has 1 atom stereocenters. The Balaban J connectivity index is 1.72. The van der Waals surface area contributed by atoms with Crippen LogP contribution in [0.5, 0.6) is 0 Å². The number of aryl methyl sites for hydroxylation is 2. The number of benzene rings is 2. The third-order valence-electron chi connectivity index (χ3n) is 5.11. The minimum atomic E-state index is -3.82. The molecule has 3 N–H and O–H groups in total. The summed E-state index contributed by atoms with van der Waals surface area (Å²) in [6, 6.07) is 11.4. The maximum Gasteiger partial charge on any atom is 0.339 e. The van der Waals surface area contributed by atoms with Crippen LogP contribution in [0.1, 0.15) is 41.6 Å². The Morgan fingerprint density at radius 1 is 1.17 bits per heavy atom. The Kier molecular flexibility index (Phi) is 6.09. The maximum absolute atomic E-state index is 12.4. The first kappa shape index (κ1) is 21.7. The van der Waals surface area contributed by atoms with E-state index in [-0.39, 0.29) is 23.6 Å². The van der Waals surface area contributed by atoms with Crippen LogP contribution < -0.4 is 16.1 Å². The molecular weight excluding hydrogens is 404 g/mol. The van der Waals surface area contributed by atoms with Gasteiger partial charge in [0.2, 0.25) is 15.9 Å². The molecule has 2 aromatic carbocycles. The van der Waals surface area contributed by atoms with E-state index in [0.717, 1.165) is 16.5 Å². The predicted molar refractivity (Wildman–Crippen MR) is 115 cm³/mol. The molecule has 3 rings (SSSR count). The van der Waals surface area contributed by atoms with E-state index in [2.05, 4.69) is 5.32 Å². The van der Waals surface area contributed by atoms with E-state index in [1.54, 1.807) is 19.1 Å². The second-order valence-electron chi connectivity index (χ2n) is 7.40. The number of hydrogen-bond donors (Lipinski definition) is 2. The zero-order chi connectivity index (χ0) is 22.1. The number of sulfonamides is 1. The summed E-state index contributed by atoms with van der Waals surface area (Å²) in [5.74, 6) is -0.258. The molecule has 1 heterocycles. The van der Waals surface area contributed by atoms with E-state index in [1.165, 1.54) is 12.1 Å². The fraction of sp³-hybridized carbons (Fsp3) is 0.273. The Bertz CT molecular complexity index is 1280. The van der Waals surface area contributed by atoms with Crippen LogP contribution in [0.3, 0.4) is 0 Å². The van der Waals surface area contributed by atoms with E-state index in [4.69, 9.17) is 9.56 Å². The fourth-order valence-electron chi connectivity index (χ4n) is 3.39. The number of amides is 1. The van der Waals surface area contributed by atoms with Gasteiger partial charge in [0, 0.05) is 17.4 Å². The number of carbonyl (C=O) groups excluding carboxylic acids is 1. The first-order valence-corrected chi connectivity index (χ1v) is 11.1. The summed E-state index contributed by atoms with van der Waals surface area (Å²) in [4.78, 5) is 24.8. The Labute approximate surface area is 175 Å². The molecular formula is C22H24N2O5S. The van der Waals surface area contributed by atoms with Gasteiger partial charge in [-0.05, 0) is 62.1 Å². The van der Waals surface area contributed by atoms with Gasteiger partial charge in [0.25, 0.3) is 0 Å². The average Bonchev–Trinajstić information content (AvgIpc) is 2.66. The van der Waals surface area contributed by atoms with Crippen molar-refractivity contribution in [2.45, 2.75) is 44.6 Å². The van der Waals surface area contributed by atoms with Gasteiger partial charge < -0.3 is 9.73 Å². The summed E-state index contributed by atoms with van der Waals surface area (Å²) in [7, 11) is -3.82. The topological polar surface area (TPSA) is 119 Å². The average molecular weight is 429 g/mol. The van der Waals surface area contributed by atoms with Gasteiger partial charge >= 0.3 is 5.63 Å². The lowest BCUT2D eigenvalue weighted by molar-refractivity contribution is -0.121. The van der Waals surface area contributed by atoms with Gasteiger partial charge in [0.05, 0.1) is 10.9 Å². The van der Waals surface area contributed by atoms with Crippen LogP contribution in [0.15, 0.2) is 56.6 Å². The van der Waals surface area contributed by atoms with E-state index < -0.39 is 21.7 Å². The van der Waals surface area contributed by atoms with Crippen LogP contribution in [-0.4, -0.2) is 14.3 Å². The number of primary sulfonamides is 1. The fourth-order valence-corrected chi connectivity index (χ4v) is 3.96. The van der Waals surface area contributed by atoms with Gasteiger partial charge in [-0.25, -0.2) is 18.4 Å². The van der Waals surface area contributed by atoms with Crippen molar-refractivity contribution in [1.29, 1.82) is 0 Å². The first-order valence-electron chi connectivity index (χ1n) is 9.51. The summed E-state index contributed by atoms with van der Waals surface area (Å²) in [6.07, 6.45) is 0.343. The van der Waals surface area contributed by atoms with Crippen LogP contribution in [0.25, 0.3) is 11.0 Å². The number of carbonyl (C=O) groups is 1. The molecule has 0 bridgehead atoms. The molecule has 0 saturated heterocycles. The number of hydrogen-bond acceptors (Lipinski definition) is 5. The third-order valence-corrected chi connectivity index (χ3v) is 6.02. The van der Waals surface area contributed by atoms with Gasteiger partial charge in [0.1, 0.15) is 5.58 Å². The minimum Gasteiger partial charge on any atom is -0.423 e. The molecule has 0 aliphatic carbocycles. The summed E-state index contributed by atoms with van der Waals surface area (Å²) < 4.78 is 28.5. The zero-order valence-electron chi connectivity index (χ0n) is 17.1. The standard InChI is InChI=1S/C22H24N2O5S/c1-13-7-8-18-14(2)19(22(26)29-20(18)11-13)9-10-21(25)24-15(3)16-5-4-6-17(12-16)30(23,27)28/h4-8,11-12,15H,9-10H2,1-3H3,(H,24,25)(H2,23,27,28)/t15-/m0/s1. The lowest BCUT2D eigenvalue weighted by atomic mass is 10.0. The molecule has 0 aliphatic rings. The molecule has 0 unspecified atom stereocenters. The van der Waals surface area contributed by atoms with Crippen LogP contribution in [0, 0.1) is 13.8 Å². The van der Waals surface area contributed by atoms with Gasteiger partial charge in [-0.3, -0.25) is 4.79 Å². The molecule has 0 aliphatic heterocycles. The van der Waals surface area contributed by atoms with Crippen molar-refractivity contribution in [3.63, 3.8) is 0 Å². The molecule has 1 amide bonds. The number of fused-ring (bicyclic) bond motifs is 1. The highest BCUT2D eigenvalue weighted by Crippen LogP contribution is 2.22. The molecule has 0 radical (unpaired) electrons. The summed E-state index contributed by atoms with van der Waals surface area (Å²) >= 11 is 0.